The lowest BCUT2D eigenvalue weighted by Gasteiger charge is -2.37. The first-order valence-electron chi connectivity index (χ1n) is 5.06. The van der Waals surface area contributed by atoms with Gasteiger partial charge in [0, 0.05) is 5.04 Å². The fraction of sp³-hybridized carbons (Fsp3) is 0.889. The molecule has 0 aromatic heterocycles. The van der Waals surface area contributed by atoms with Gasteiger partial charge in [-0.3, -0.25) is 0 Å². The molecule has 0 radical (unpaired) electrons. The molecule has 0 spiro atoms. The SMILES string of the molecule is CCC(C#N)(CCB(O)O)[Si](C)(C)C. The summed E-state index contributed by atoms with van der Waals surface area (Å²) in [5, 5.41) is 26.6. The van der Waals surface area contributed by atoms with Gasteiger partial charge in [0.25, 0.3) is 0 Å². The van der Waals surface area contributed by atoms with Gasteiger partial charge in [0.1, 0.15) is 0 Å². The summed E-state index contributed by atoms with van der Waals surface area (Å²) in [6.45, 7) is 8.47. The van der Waals surface area contributed by atoms with Gasteiger partial charge in [0.2, 0.25) is 0 Å². The molecule has 1 atom stereocenters. The summed E-state index contributed by atoms with van der Waals surface area (Å²) in [6, 6.07) is 2.40. The van der Waals surface area contributed by atoms with Crippen LogP contribution < -0.4 is 0 Å². The Morgan fingerprint density at radius 3 is 2.07 bits per heavy atom. The van der Waals surface area contributed by atoms with Crippen molar-refractivity contribution in [1.29, 1.82) is 5.26 Å². The lowest BCUT2D eigenvalue weighted by molar-refractivity contribution is 0.398. The molecule has 0 aromatic carbocycles. The molecule has 0 rings (SSSR count). The zero-order valence-corrected chi connectivity index (χ0v) is 10.5. The normalized spacial score (nSPS) is 15.8. The van der Waals surface area contributed by atoms with Crippen molar-refractivity contribution in [3.05, 3.63) is 0 Å². The molecule has 3 nitrogen and oxygen atoms in total. The van der Waals surface area contributed by atoms with Crippen LogP contribution in [0.15, 0.2) is 0 Å². The van der Waals surface area contributed by atoms with Gasteiger partial charge in [0.05, 0.1) is 14.1 Å². The first-order valence-corrected chi connectivity index (χ1v) is 8.56. The van der Waals surface area contributed by atoms with Crippen molar-refractivity contribution in [2.24, 2.45) is 0 Å². The fourth-order valence-corrected chi connectivity index (χ4v) is 4.05. The van der Waals surface area contributed by atoms with Gasteiger partial charge in [0.15, 0.2) is 0 Å². The third kappa shape index (κ3) is 3.12. The first kappa shape index (κ1) is 13.7. The van der Waals surface area contributed by atoms with Gasteiger partial charge in [-0.2, -0.15) is 5.26 Å². The number of nitrogens with zero attached hydrogens (tertiary/aromatic N) is 1. The van der Waals surface area contributed by atoms with Crippen LogP contribution in [0, 0.1) is 11.3 Å². The molecule has 5 heteroatoms. The Bertz CT molecular complexity index is 222. The van der Waals surface area contributed by atoms with Crippen molar-refractivity contribution in [1.82, 2.24) is 0 Å². The largest absolute Gasteiger partial charge is 0.451 e. The molecule has 80 valence electrons. The second-order valence-corrected chi connectivity index (χ2v) is 10.3. The van der Waals surface area contributed by atoms with Crippen LogP contribution in [0.2, 0.25) is 31.0 Å². The lowest BCUT2D eigenvalue weighted by atomic mass is 9.80. The highest BCUT2D eigenvalue weighted by atomic mass is 28.3. The summed E-state index contributed by atoms with van der Waals surface area (Å²) in [6.07, 6.45) is 1.69. The van der Waals surface area contributed by atoms with Crippen LogP contribution in [0.1, 0.15) is 19.8 Å². The molecule has 0 aromatic rings. The van der Waals surface area contributed by atoms with E-state index in [9.17, 15) is 5.26 Å². The van der Waals surface area contributed by atoms with Crippen molar-refractivity contribution in [3.63, 3.8) is 0 Å². The zero-order valence-electron chi connectivity index (χ0n) is 9.54. The Labute approximate surface area is 87.9 Å². The second kappa shape index (κ2) is 4.97. The molecule has 1 unspecified atom stereocenters. The van der Waals surface area contributed by atoms with Gasteiger partial charge in [-0.25, -0.2) is 0 Å². The minimum Gasteiger partial charge on any atom is -0.427 e. The van der Waals surface area contributed by atoms with Crippen LogP contribution >= 0.6 is 0 Å². The maximum Gasteiger partial charge on any atom is 0.451 e. The number of hydrogen-bond donors (Lipinski definition) is 2. The van der Waals surface area contributed by atoms with Gasteiger partial charge >= 0.3 is 7.12 Å². The summed E-state index contributed by atoms with van der Waals surface area (Å²) in [4.78, 5) is 0. The third-order valence-corrected chi connectivity index (χ3v) is 6.67. The van der Waals surface area contributed by atoms with E-state index in [4.69, 9.17) is 10.0 Å². The molecule has 0 aliphatic heterocycles. The van der Waals surface area contributed by atoms with E-state index in [1.54, 1.807) is 0 Å². The van der Waals surface area contributed by atoms with Crippen LogP contribution in [-0.2, 0) is 0 Å². The monoisotopic (exact) mass is 213 g/mol. The van der Waals surface area contributed by atoms with Gasteiger partial charge in [-0.1, -0.05) is 26.6 Å². The molecule has 0 amide bonds. The van der Waals surface area contributed by atoms with Gasteiger partial charge < -0.3 is 10.0 Å². The van der Waals surface area contributed by atoms with Crippen LogP contribution in [0.5, 0.6) is 0 Å². The molecular weight excluding hydrogens is 193 g/mol. The van der Waals surface area contributed by atoms with Gasteiger partial charge in [-0.15, -0.1) is 0 Å². The molecule has 0 bridgehead atoms. The highest BCUT2D eigenvalue weighted by Crippen LogP contribution is 2.45. The summed E-state index contributed by atoms with van der Waals surface area (Å²) in [5.74, 6) is 0. The van der Waals surface area contributed by atoms with E-state index < -0.39 is 15.2 Å². The topological polar surface area (TPSA) is 64.2 Å². The Kier molecular flexibility index (Phi) is 4.86. The summed E-state index contributed by atoms with van der Waals surface area (Å²) in [7, 11) is -2.87. The van der Waals surface area contributed by atoms with E-state index in [0.29, 0.717) is 12.7 Å². The average Bonchev–Trinajstić information content (AvgIpc) is 2.04. The molecular formula is C9H20BNO2Si. The molecule has 0 heterocycles. The smallest absolute Gasteiger partial charge is 0.427 e. The van der Waals surface area contributed by atoms with E-state index in [1.165, 1.54) is 0 Å². The van der Waals surface area contributed by atoms with E-state index in [1.807, 2.05) is 6.92 Å². The van der Waals surface area contributed by atoms with Crippen molar-refractivity contribution < 1.29 is 10.0 Å². The van der Waals surface area contributed by atoms with Crippen LogP contribution in [0.3, 0.4) is 0 Å². The standard InChI is InChI=1S/C9H20BNO2Si/c1-5-9(8-11,14(2,3)4)6-7-10(12)13/h12-13H,5-7H2,1-4H3. The number of hydrogen-bond acceptors (Lipinski definition) is 3. The maximum absolute atomic E-state index is 9.25. The van der Waals surface area contributed by atoms with E-state index in [-0.39, 0.29) is 5.04 Å². The quantitative estimate of drug-likeness (QED) is 0.685. The van der Waals surface area contributed by atoms with Crippen LogP contribution in [0.4, 0.5) is 0 Å². The Hall–Kier alpha value is -0.308. The van der Waals surface area contributed by atoms with Crippen molar-refractivity contribution in [2.75, 3.05) is 0 Å². The predicted molar refractivity (Wildman–Crippen MR) is 61.6 cm³/mol. The number of nitriles is 1. The highest BCUT2D eigenvalue weighted by Gasteiger charge is 2.42. The second-order valence-electron chi connectivity index (χ2n) is 4.82. The molecule has 14 heavy (non-hydrogen) atoms. The highest BCUT2D eigenvalue weighted by molar-refractivity contribution is 6.80. The van der Waals surface area contributed by atoms with Crippen LogP contribution in [0.25, 0.3) is 0 Å². The predicted octanol–water partition coefficient (Wildman–Crippen LogP) is 1.86. The van der Waals surface area contributed by atoms with Gasteiger partial charge in [-0.05, 0) is 19.2 Å². The molecule has 2 N–H and O–H groups in total. The maximum atomic E-state index is 9.25. The van der Waals surface area contributed by atoms with E-state index in [0.717, 1.165) is 6.42 Å². The van der Waals surface area contributed by atoms with Crippen molar-refractivity contribution >= 4 is 15.2 Å². The molecule has 0 saturated heterocycles. The lowest BCUT2D eigenvalue weighted by Crippen LogP contribution is -2.39. The molecule has 0 aliphatic carbocycles. The van der Waals surface area contributed by atoms with Crippen molar-refractivity contribution in [3.8, 4) is 6.07 Å². The Morgan fingerprint density at radius 2 is 1.86 bits per heavy atom. The Morgan fingerprint density at radius 1 is 1.36 bits per heavy atom. The van der Waals surface area contributed by atoms with Crippen molar-refractivity contribution in [2.45, 2.75) is 50.8 Å². The zero-order chi connectivity index (χ0) is 11.4. The molecule has 0 aliphatic rings. The third-order valence-electron chi connectivity index (χ3n) is 3.08. The van der Waals surface area contributed by atoms with E-state index >= 15 is 0 Å². The first-order chi connectivity index (χ1) is 6.29. The summed E-state index contributed by atoms with van der Waals surface area (Å²) < 4.78 is 0. The Balaban J connectivity index is 4.66. The minimum absolute atomic E-state index is 0.297. The van der Waals surface area contributed by atoms with E-state index in [2.05, 4.69) is 25.7 Å². The summed E-state index contributed by atoms with van der Waals surface area (Å²) in [5.41, 5.74) is 0. The average molecular weight is 213 g/mol. The molecule has 0 saturated carbocycles. The fourth-order valence-electron chi connectivity index (χ4n) is 1.76. The van der Waals surface area contributed by atoms with Crippen LogP contribution in [-0.4, -0.2) is 25.2 Å². The summed E-state index contributed by atoms with van der Waals surface area (Å²) >= 11 is 0. The number of rotatable bonds is 5. The molecule has 0 fully saturated rings. The minimum atomic E-state index is -1.59.